The van der Waals surface area contributed by atoms with Gasteiger partial charge in [0.25, 0.3) is 0 Å². The number of methoxy groups -OCH3 is 1. The van der Waals surface area contributed by atoms with Crippen LogP contribution in [0.3, 0.4) is 0 Å². The highest BCUT2D eigenvalue weighted by molar-refractivity contribution is 5.76. The molecule has 1 aromatic carbocycles. The molecule has 0 saturated heterocycles. The van der Waals surface area contributed by atoms with E-state index in [1.165, 1.54) is 7.11 Å². The highest BCUT2D eigenvalue weighted by Gasteiger charge is 2.21. The van der Waals surface area contributed by atoms with E-state index in [0.29, 0.717) is 5.56 Å². The minimum Gasteiger partial charge on any atom is -0.467 e. The lowest BCUT2D eigenvalue weighted by molar-refractivity contribution is -0.146. The second-order valence-electron chi connectivity index (χ2n) is 2.74. The van der Waals surface area contributed by atoms with Crippen molar-refractivity contribution < 1.29 is 13.9 Å². The molecule has 0 amide bonds. The molecule has 0 heterocycles. The van der Waals surface area contributed by atoms with Crippen molar-refractivity contribution in [1.82, 2.24) is 0 Å². The molecule has 0 saturated carbocycles. The maximum Gasteiger partial charge on any atom is 0.345 e. The number of hydrogen-bond donors (Lipinski definition) is 0. The Hall–Kier alpha value is -1.38. The summed E-state index contributed by atoms with van der Waals surface area (Å²) in [7, 11) is 1.17. The van der Waals surface area contributed by atoms with Gasteiger partial charge >= 0.3 is 5.97 Å². The summed E-state index contributed by atoms with van der Waals surface area (Å²) in [4.78, 5) is 10.9. The molecule has 1 unspecified atom stereocenters. The minimum atomic E-state index is -1.67. The number of benzene rings is 1. The molecule has 1 rings (SSSR count). The van der Waals surface area contributed by atoms with Gasteiger partial charge in [0, 0.05) is 5.56 Å². The molecule has 0 N–H and O–H groups in total. The molecule has 0 radical (unpaired) electrons. The molecule has 0 aliphatic carbocycles. The number of ether oxygens (including phenoxy) is 1. The van der Waals surface area contributed by atoms with Gasteiger partial charge in [-0.15, -0.1) is 0 Å². The van der Waals surface area contributed by atoms with Gasteiger partial charge in [0.15, 0.2) is 0 Å². The van der Waals surface area contributed by atoms with Crippen LogP contribution in [0.4, 0.5) is 4.39 Å². The molecule has 0 aliphatic heterocycles. The number of carbonyl (C=O) groups excluding carboxylic acids is 1. The SMILES string of the molecule is COC(=O)C(F)c1ccccc1C. The third kappa shape index (κ3) is 2.05. The number of rotatable bonds is 2. The van der Waals surface area contributed by atoms with E-state index in [4.69, 9.17) is 0 Å². The molecule has 0 aliphatic rings. The monoisotopic (exact) mass is 182 g/mol. The van der Waals surface area contributed by atoms with Gasteiger partial charge in [-0.25, -0.2) is 9.18 Å². The molecular formula is C10H11FO2. The predicted octanol–water partition coefficient (Wildman–Crippen LogP) is 2.18. The van der Waals surface area contributed by atoms with Crippen LogP contribution in [-0.2, 0) is 9.53 Å². The molecule has 13 heavy (non-hydrogen) atoms. The van der Waals surface area contributed by atoms with Crippen LogP contribution in [0.1, 0.15) is 17.3 Å². The standard InChI is InChI=1S/C10H11FO2/c1-7-5-3-4-6-8(7)9(11)10(12)13-2/h3-6,9H,1-2H3. The maximum absolute atomic E-state index is 13.3. The van der Waals surface area contributed by atoms with E-state index in [-0.39, 0.29) is 0 Å². The third-order valence-corrected chi connectivity index (χ3v) is 1.87. The summed E-state index contributed by atoms with van der Waals surface area (Å²) in [6.45, 7) is 1.75. The molecule has 2 nitrogen and oxygen atoms in total. The van der Waals surface area contributed by atoms with Gasteiger partial charge in [0.2, 0.25) is 6.17 Å². The van der Waals surface area contributed by atoms with E-state index < -0.39 is 12.1 Å². The van der Waals surface area contributed by atoms with Crippen LogP contribution in [-0.4, -0.2) is 13.1 Å². The summed E-state index contributed by atoms with van der Waals surface area (Å²) in [5.41, 5.74) is 1.12. The first kappa shape index (κ1) is 9.71. The molecule has 1 atom stereocenters. The van der Waals surface area contributed by atoms with Gasteiger partial charge in [0.05, 0.1) is 7.11 Å². The topological polar surface area (TPSA) is 26.3 Å². The fraction of sp³-hybridized carbons (Fsp3) is 0.300. The average molecular weight is 182 g/mol. The van der Waals surface area contributed by atoms with Crippen molar-refractivity contribution in [2.24, 2.45) is 0 Å². The number of hydrogen-bond acceptors (Lipinski definition) is 2. The first-order chi connectivity index (χ1) is 6.16. The van der Waals surface area contributed by atoms with Crippen LogP contribution >= 0.6 is 0 Å². The van der Waals surface area contributed by atoms with Crippen molar-refractivity contribution >= 4 is 5.97 Å². The number of alkyl halides is 1. The first-order valence-corrected chi connectivity index (χ1v) is 3.94. The van der Waals surface area contributed by atoms with E-state index in [2.05, 4.69) is 4.74 Å². The van der Waals surface area contributed by atoms with Crippen LogP contribution in [0.25, 0.3) is 0 Å². The zero-order valence-corrected chi connectivity index (χ0v) is 7.58. The lowest BCUT2D eigenvalue weighted by Crippen LogP contribution is -2.10. The summed E-state index contributed by atoms with van der Waals surface area (Å²) >= 11 is 0. The zero-order chi connectivity index (χ0) is 9.84. The van der Waals surface area contributed by atoms with Crippen LogP contribution in [0, 0.1) is 6.92 Å². The van der Waals surface area contributed by atoms with Gasteiger partial charge < -0.3 is 4.74 Å². The Morgan fingerprint density at radius 3 is 2.62 bits per heavy atom. The van der Waals surface area contributed by atoms with Crippen molar-refractivity contribution in [3.05, 3.63) is 35.4 Å². The van der Waals surface area contributed by atoms with E-state index in [1.807, 2.05) is 0 Å². The van der Waals surface area contributed by atoms with E-state index in [9.17, 15) is 9.18 Å². The van der Waals surface area contributed by atoms with Crippen LogP contribution in [0.15, 0.2) is 24.3 Å². The number of esters is 1. The predicted molar refractivity (Wildman–Crippen MR) is 47.0 cm³/mol. The molecule has 1 aromatic rings. The van der Waals surface area contributed by atoms with E-state index in [0.717, 1.165) is 5.56 Å². The van der Waals surface area contributed by atoms with E-state index >= 15 is 0 Å². The summed E-state index contributed by atoms with van der Waals surface area (Å²) in [5.74, 6) is -0.852. The van der Waals surface area contributed by atoms with Crippen molar-refractivity contribution in [3.8, 4) is 0 Å². The van der Waals surface area contributed by atoms with Crippen LogP contribution in [0.5, 0.6) is 0 Å². The Kier molecular flexibility index (Phi) is 3.01. The van der Waals surface area contributed by atoms with Gasteiger partial charge in [0.1, 0.15) is 0 Å². The largest absolute Gasteiger partial charge is 0.467 e. The van der Waals surface area contributed by atoms with Crippen molar-refractivity contribution in [2.75, 3.05) is 7.11 Å². The molecule has 0 aromatic heterocycles. The van der Waals surface area contributed by atoms with Crippen molar-refractivity contribution in [2.45, 2.75) is 13.1 Å². The Balaban J connectivity index is 2.95. The highest BCUT2D eigenvalue weighted by atomic mass is 19.1. The molecule has 3 heteroatoms. The van der Waals surface area contributed by atoms with Crippen molar-refractivity contribution in [3.63, 3.8) is 0 Å². The second-order valence-corrected chi connectivity index (χ2v) is 2.74. The maximum atomic E-state index is 13.3. The number of carbonyl (C=O) groups is 1. The normalized spacial score (nSPS) is 12.2. The highest BCUT2D eigenvalue weighted by Crippen LogP contribution is 2.21. The molecular weight excluding hydrogens is 171 g/mol. The summed E-state index contributed by atoms with van der Waals surface area (Å²) in [5, 5.41) is 0. The Morgan fingerprint density at radius 2 is 2.08 bits per heavy atom. The molecule has 70 valence electrons. The first-order valence-electron chi connectivity index (χ1n) is 3.94. The Bertz CT molecular complexity index is 310. The number of halogens is 1. The summed E-state index contributed by atoms with van der Waals surface area (Å²) in [6, 6.07) is 6.82. The summed E-state index contributed by atoms with van der Waals surface area (Å²) < 4.78 is 17.6. The third-order valence-electron chi connectivity index (χ3n) is 1.87. The summed E-state index contributed by atoms with van der Waals surface area (Å²) in [6.07, 6.45) is -1.67. The zero-order valence-electron chi connectivity index (χ0n) is 7.58. The van der Waals surface area contributed by atoms with E-state index in [1.54, 1.807) is 31.2 Å². The Labute approximate surface area is 76.3 Å². The molecule has 0 bridgehead atoms. The quantitative estimate of drug-likeness (QED) is 0.655. The average Bonchev–Trinajstić information content (AvgIpc) is 2.16. The lowest BCUT2D eigenvalue weighted by atomic mass is 10.0. The van der Waals surface area contributed by atoms with Gasteiger partial charge in [-0.05, 0) is 12.5 Å². The Morgan fingerprint density at radius 1 is 1.46 bits per heavy atom. The fourth-order valence-electron chi connectivity index (χ4n) is 1.10. The molecule has 0 fully saturated rings. The van der Waals surface area contributed by atoms with Gasteiger partial charge in [-0.3, -0.25) is 0 Å². The smallest absolute Gasteiger partial charge is 0.345 e. The minimum absolute atomic E-state index is 0.370. The fourth-order valence-corrected chi connectivity index (χ4v) is 1.10. The van der Waals surface area contributed by atoms with Crippen molar-refractivity contribution in [1.29, 1.82) is 0 Å². The number of aryl methyl sites for hydroxylation is 1. The second kappa shape index (κ2) is 4.03. The van der Waals surface area contributed by atoms with Crippen LogP contribution < -0.4 is 0 Å². The van der Waals surface area contributed by atoms with Gasteiger partial charge in [-0.2, -0.15) is 0 Å². The lowest BCUT2D eigenvalue weighted by Gasteiger charge is -2.08. The van der Waals surface area contributed by atoms with Gasteiger partial charge in [-0.1, -0.05) is 24.3 Å². The van der Waals surface area contributed by atoms with Crippen LogP contribution in [0.2, 0.25) is 0 Å². The molecule has 0 spiro atoms.